The zero-order valence-corrected chi connectivity index (χ0v) is 10.4. The fraction of sp³-hybridized carbons (Fsp3) is 0.917. The molecule has 0 aromatic rings. The number of amides is 1. The van der Waals surface area contributed by atoms with Crippen molar-refractivity contribution in [1.82, 2.24) is 4.90 Å². The summed E-state index contributed by atoms with van der Waals surface area (Å²) in [7, 11) is 0. The van der Waals surface area contributed by atoms with Crippen LogP contribution in [-0.2, 0) is 9.47 Å². The van der Waals surface area contributed by atoms with Crippen molar-refractivity contribution in [3.63, 3.8) is 0 Å². The quantitative estimate of drug-likeness (QED) is 0.636. The van der Waals surface area contributed by atoms with Crippen molar-refractivity contribution < 1.29 is 14.3 Å². The van der Waals surface area contributed by atoms with Gasteiger partial charge in [0.15, 0.2) is 0 Å². The van der Waals surface area contributed by atoms with E-state index >= 15 is 0 Å². The molecule has 16 heavy (non-hydrogen) atoms. The molecule has 92 valence electrons. The van der Waals surface area contributed by atoms with E-state index in [0.29, 0.717) is 6.54 Å². The fourth-order valence-corrected chi connectivity index (χ4v) is 2.29. The molecule has 0 aromatic heterocycles. The minimum absolute atomic E-state index is 0.0465. The molecule has 0 saturated carbocycles. The molecule has 0 aliphatic carbocycles. The van der Waals surface area contributed by atoms with E-state index in [1.165, 1.54) is 0 Å². The predicted octanol–water partition coefficient (Wildman–Crippen LogP) is 2.18. The Bertz CT molecular complexity index is 278. The first-order valence-corrected chi connectivity index (χ1v) is 6.02. The molecule has 4 nitrogen and oxygen atoms in total. The maximum absolute atomic E-state index is 11.9. The van der Waals surface area contributed by atoms with Crippen LogP contribution in [-0.4, -0.2) is 41.9 Å². The number of piperidine rings is 1. The number of rotatable bonds is 0. The molecule has 2 aliphatic heterocycles. The van der Waals surface area contributed by atoms with Crippen LogP contribution >= 0.6 is 0 Å². The van der Waals surface area contributed by atoms with Crippen LogP contribution in [0, 0.1) is 0 Å². The van der Waals surface area contributed by atoms with Crippen LogP contribution in [0.15, 0.2) is 0 Å². The molecule has 2 fully saturated rings. The van der Waals surface area contributed by atoms with Gasteiger partial charge in [-0.1, -0.05) is 0 Å². The summed E-state index contributed by atoms with van der Waals surface area (Å²) in [6.07, 6.45) is 2.96. The van der Waals surface area contributed by atoms with Gasteiger partial charge in [0, 0.05) is 13.0 Å². The number of hydrogen-bond acceptors (Lipinski definition) is 3. The molecule has 0 bridgehead atoms. The van der Waals surface area contributed by atoms with Crippen LogP contribution in [0.25, 0.3) is 0 Å². The average Bonchev–Trinajstić information content (AvgIpc) is 2.13. The van der Waals surface area contributed by atoms with Gasteiger partial charge in [0.2, 0.25) is 0 Å². The number of nitrogens with zero attached hydrogens (tertiary/aromatic N) is 1. The maximum atomic E-state index is 11.9. The Morgan fingerprint density at radius 3 is 2.56 bits per heavy atom. The Morgan fingerprint density at radius 2 is 2.06 bits per heavy atom. The van der Waals surface area contributed by atoms with Crippen LogP contribution in [0.2, 0.25) is 0 Å². The predicted molar refractivity (Wildman–Crippen MR) is 60.3 cm³/mol. The summed E-state index contributed by atoms with van der Waals surface area (Å²) >= 11 is 0. The largest absolute Gasteiger partial charge is 0.444 e. The van der Waals surface area contributed by atoms with Gasteiger partial charge < -0.3 is 14.4 Å². The van der Waals surface area contributed by atoms with Crippen LogP contribution in [0.3, 0.4) is 0 Å². The summed E-state index contributed by atoms with van der Waals surface area (Å²) < 4.78 is 11.0. The molecule has 2 aliphatic rings. The molecule has 4 heteroatoms. The van der Waals surface area contributed by atoms with Gasteiger partial charge in [0.25, 0.3) is 0 Å². The molecular formula is C12H21NO3. The van der Waals surface area contributed by atoms with Crippen LogP contribution in [0.5, 0.6) is 0 Å². The smallest absolute Gasteiger partial charge is 0.410 e. The lowest BCUT2D eigenvalue weighted by atomic mass is 9.86. The number of carbonyl (C=O) groups excluding carboxylic acids is 1. The van der Waals surface area contributed by atoms with Gasteiger partial charge in [0.05, 0.1) is 18.8 Å². The second kappa shape index (κ2) is 3.91. The summed E-state index contributed by atoms with van der Waals surface area (Å²) in [6.45, 7) is 8.00. The highest BCUT2D eigenvalue weighted by Crippen LogP contribution is 2.35. The van der Waals surface area contributed by atoms with E-state index < -0.39 is 5.60 Å². The maximum Gasteiger partial charge on any atom is 0.410 e. The topological polar surface area (TPSA) is 38.8 Å². The van der Waals surface area contributed by atoms with Crippen molar-refractivity contribution in [3.8, 4) is 0 Å². The van der Waals surface area contributed by atoms with E-state index in [-0.39, 0.29) is 11.7 Å². The van der Waals surface area contributed by atoms with Crippen molar-refractivity contribution >= 4 is 6.09 Å². The Morgan fingerprint density at radius 1 is 1.38 bits per heavy atom. The second-order valence-corrected chi connectivity index (χ2v) is 5.79. The molecule has 1 atom stereocenters. The van der Waals surface area contributed by atoms with Gasteiger partial charge in [-0.15, -0.1) is 0 Å². The van der Waals surface area contributed by atoms with Gasteiger partial charge in [0.1, 0.15) is 5.60 Å². The third-order valence-corrected chi connectivity index (χ3v) is 3.16. The van der Waals surface area contributed by atoms with Gasteiger partial charge in [-0.05, 0) is 33.6 Å². The lowest BCUT2D eigenvalue weighted by molar-refractivity contribution is -0.174. The fourth-order valence-electron chi connectivity index (χ4n) is 2.29. The number of likely N-dealkylation sites (tertiary alicyclic amines) is 1. The minimum Gasteiger partial charge on any atom is -0.444 e. The minimum atomic E-state index is -0.415. The van der Waals surface area contributed by atoms with Crippen LogP contribution < -0.4 is 0 Å². The Balaban J connectivity index is 1.91. The van der Waals surface area contributed by atoms with Crippen molar-refractivity contribution in [2.75, 3.05) is 19.7 Å². The highest BCUT2D eigenvalue weighted by molar-refractivity contribution is 5.68. The van der Waals surface area contributed by atoms with Gasteiger partial charge >= 0.3 is 6.09 Å². The molecule has 0 aromatic carbocycles. The second-order valence-electron chi connectivity index (χ2n) is 5.79. The Kier molecular flexibility index (Phi) is 2.86. The lowest BCUT2D eigenvalue weighted by Crippen LogP contribution is -2.57. The van der Waals surface area contributed by atoms with Crippen LogP contribution in [0.4, 0.5) is 4.79 Å². The van der Waals surface area contributed by atoms with E-state index in [2.05, 4.69) is 0 Å². The lowest BCUT2D eigenvalue weighted by Gasteiger charge is -2.48. The molecule has 1 amide bonds. The first-order chi connectivity index (χ1) is 7.40. The third-order valence-electron chi connectivity index (χ3n) is 3.16. The van der Waals surface area contributed by atoms with Crippen molar-refractivity contribution in [2.24, 2.45) is 0 Å². The monoisotopic (exact) mass is 227 g/mol. The molecule has 0 radical (unpaired) electrons. The van der Waals surface area contributed by atoms with E-state index in [0.717, 1.165) is 32.4 Å². The van der Waals surface area contributed by atoms with Gasteiger partial charge in [-0.2, -0.15) is 0 Å². The molecule has 0 unspecified atom stereocenters. The SMILES string of the molecule is CC(C)(C)OC(=O)N1CCC[C@]2(CCO2)C1. The number of hydrogen-bond donors (Lipinski definition) is 0. The molecule has 2 heterocycles. The van der Waals surface area contributed by atoms with Crippen LogP contribution in [0.1, 0.15) is 40.0 Å². The summed E-state index contributed by atoms with van der Waals surface area (Å²) in [6, 6.07) is 0. The summed E-state index contributed by atoms with van der Waals surface area (Å²) in [5, 5.41) is 0. The highest BCUT2D eigenvalue weighted by Gasteiger charge is 2.43. The zero-order valence-electron chi connectivity index (χ0n) is 10.4. The Hall–Kier alpha value is -0.770. The molecular weight excluding hydrogens is 206 g/mol. The molecule has 2 saturated heterocycles. The van der Waals surface area contributed by atoms with Gasteiger partial charge in [-0.25, -0.2) is 4.79 Å². The number of ether oxygens (including phenoxy) is 2. The van der Waals surface area contributed by atoms with E-state index in [9.17, 15) is 4.79 Å². The summed E-state index contributed by atoms with van der Waals surface area (Å²) in [4.78, 5) is 13.7. The first kappa shape index (κ1) is 11.7. The molecule has 2 rings (SSSR count). The van der Waals surface area contributed by atoms with Crippen molar-refractivity contribution in [3.05, 3.63) is 0 Å². The van der Waals surface area contributed by atoms with E-state index in [1.54, 1.807) is 4.90 Å². The third kappa shape index (κ3) is 2.48. The molecule has 1 spiro atoms. The number of carbonyl (C=O) groups is 1. The van der Waals surface area contributed by atoms with E-state index in [1.807, 2.05) is 20.8 Å². The highest BCUT2D eigenvalue weighted by atomic mass is 16.6. The summed E-state index contributed by atoms with van der Waals surface area (Å²) in [5.74, 6) is 0. The average molecular weight is 227 g/mol. The standard InChI is InChI=1S/C12H21NO3/c1-11(2,3)16-10(14)13-7-4-5-12(9-13)6-8-15-12/h4-9H2,1-3H3/t12-/m0/s1. The van der Waals surface area contributed by atoms with E-state index in [4.69, 9.17) is 9.47 Å². The van der Waals surface area contributed by atoms with Crippen molar-refractivity contribution in [1.29, 1.82) is 0 Å². The van der Waals surface area contributed by atoms with Gasteiger partial charge in [-0.3, -0.25) is 0 Å². The Labute approximate surface area is 96.9 Å². The summed E-state index contributed by atoms with van der Waals surface area (Å²) in [5.41, 5.74) is -0.461. The molecule has 0 N–H and O–H groups in total. The normalized spacial score (nSPS) is 30.1. The van der Waals surface area contributed by atoms with Crippen molar-refractivity contribution in [2.45, 2.75) is 51.2 Å². The first-order valence-electron chi connectivity index (χ1n) is 6.02. The zero-order chi connectivity index (χ0) is 11.8.